The second kappa shape index (κ2) is 9.75. The van der Waals surface area contributed by atoms with E-state index in [1.807, 2.05) is 25.1 Å². The van der Waals surface area contributed by atoms with Gasteiger partial charge in [0.2, 0.25) is 5.91 Å². The molecule has 0 aliphatic carbocycles. The highest BCUT2D eigenvalue weighted by molar-refractivity contribution is 5.81. The summed E-state index contributed by atoms with van der Waals surface area (Å²) in [4.78, 5) is 34.1. The van der Waals surface area contributed by atoms with Crippen molar-refractivity contribution >= 4 is 22.5 Å². The summed E-state index contributed by atoms with van der Waals surface area (Å²) < 4.78 is 1.37. The van der Waals surface area contributed by atoms with Crippen LogP contribution in [-0.2, 0) is 11.3 Å². The molecule has 7 heteroatoms. The van der Waals surface area contributed by atoms with Gasteiger partial charge in [0.05, 0.1) is 17.2 Å². The van der Waals surface area contributed by atoms with Gasteiger partial charge in [0, 0.05) is 38.4 Å². The fourth-order valence-electron chi connectivity index (χ4n) is 4.06. The van der Waals surface area contributed by atoms with E-state index in [9.17, 15) is 9.59 Å². The minimum atomic E-state index is -0.180. The van der Waals surface area contributed by atoms with Crippen molar-refractivity contribution in [1.82, 2.24) is 19.8 Å². The number of fused-ring (bicyclic) bond motifs is 1. The number of nitrogens with zero attached hydrogens (tertiary/aromatic N) is 4. The lowest BCUT2D eigenvalue weighted by Crippen LogP contribution is -2.47. The molecule has 2 heterocycles. The van der Waals surface area contributed by atoms with E-state index in [1.54, 1.807) is 6.07 Å². The molecule has 1 amide bonds. The van der Waals surface area contributed by atoms with Crippen molar-refractivity contribution in [2.45, 2.75) is 19.9 Å². The van der Waals surface area contributed by atoms with Crippen LogP contribution in [0.1, 0.15) is 12.0 Å². The van der Waals surface area contributed by atoms with Crippen molar-refractivity contribution in [3.8, 4) is 0 Å². The normalized spacial score (nSPS) is 14.7. The van der Waals surface area contributed by atoms with E-state index < -0.39 is 0 Å². The number of aryl methyl sites for hydroxylation is 1. The quantitative estimate of drug-likeness (QED) is 0.594. The first-order chi connectivity index (χ1) is 15.1. The van der Waals surface area contributed by atoms with E-state index in [0.29, 0.717) is 17.4 Å². The molecule has 7 nitrogen and oxygen atoms in total. The van der Waals surface area contributed by atoms with Crippen LogP contribution in [-0.4, -0.2) is 59.6 Å². The van der Waals surface area contributed by atoms with E-state index in [-0.39, 0.29) is 18.0 Å². The molecule has 1 aliphatic rings. The molecule has 2 aromatic carbocycles. The summed E-state index contributed by atoms with van der Waals surface area (Å²) in [6, 6.07) is 16.0. The smallest absolute Gasteiger partial charge is 0.261 e. The fraction of sp³-hybridized carbons (Fsp3) is 0.375. The van der Waals surface area contributed by atoms with Gasteiger partial charge in [-0.3, -0.25) is 19.1 Å². The van der Waals surface area contributed by atoms with Gasteiger partial charge in [0.25, 0.3) is 5.56 Å². The first kappa shape index (κ1) is 21.1. The minimum Gasteiger partial charge on any atom is -0.369 e. The van der Waals surface area contributed by atoms with Crippen molar-refractivity contribution in [2.75, 3.05) is 44.2 Å². The standard InChI is InChI=1S/C24H29N5O2/c1-19-7-5-10-21-23(19)26-18-29(24(21)31)17-22(30)25-11-6-12-27-13-15-28(16-14-27)20-8-3-2-4-9-20/h2-5,7-10,18H,6,11-17H2,1H3,(H,25,30). The number of benzene rings is 2. The first-order valence-corrected chi connectivity index (χ1v) is 10.9. The number of hydrogen-bond acceptors (Lipinski definition) is 5. The third-order valence-corrected chi connectivity index (χ3v) is 5.84. The zero-order valence-electron chi connectivity index (χ0n) is 18.0. The van der Waals surface area contributed by atoms with E-state index >= 15 is 0 Å². The van der Waals surface area contributed by atoms with Crippen molar-refractivity contribution in [1.29, 1.82) is 0 Å². The van der Waals surface area contributed by atoms with Gasteiger partial charge < -0.3 is 10.2 Å². The highest BCUT2D eigenvalue weighted by atomic mass is 16.2. The van der Waals surface area contributed by atoms with Crippen LogP contribution in [0.15, 0.2) is 59.7 Å². The van der Waals surface area contributed by atoms with Gasteiger partial charge in [-0.1, -0.05) is 30.3 Å². The maximum Gasteiger partial charge on any atom is 0.261 e. The number of hydrogen-bond donors (Lipinski definition) is 1. The molecule has 1 saturated heterocycles. The van der Waals surface area contributed by atoms with Gasteiger partial charge in [0.15, 0.2) is 0 Å². The summed E-state index contributed by atoms with van der Waals surface area (Å²) in [6.45, 7) is 7.58. The lowest BCUT2D eigenvalue weighted by molar-refractivity contribution is -0.121. The molecule has 31 heavy (non-hydrogen) atoms. The molecule has 1 aromatic heterocycles. The second-order valence-electron chi connectivity index (χ2n) is 8.02. The van der Waals surface area contributed by atoms with Crippen molar-refractivity contribution in [3.63, 3.8) is 0 Å². The summed E-state index contributed by atoms with van der Waals surface area (Å²) >= 11 is 0. The third kappa shape index (κ3) is 5.11. The summed E-state index contributed by atoms with van der Waals surface area (Å²) in [5.74, 6) is -0.162. The number of anilines is 1. The summed E-state index contributed by atoms with van der Waals surface area (Å²) in [5, 5.41) is 3.47. The average molecular weight is 420 g/mol. The Balaban J connectivity index is 1.20. The topological polar surface area (TPSA) is 70.5 Å². The Bertz CT molecular complexity index is 1090. The van der Waals surface area contributed by atoms with Gasteiger partial charge in [0.1, 0.15) is 6.54 Å². The van der Waals surface area contributed by atoms with Gasteiger partial charge in [-0.25, -0.2) is 4.98 Å². The SMILES string of the molecule is Cc1cccc2c(=O)n(CC(=O)NCCCN3CCN(c4ccccc4)CC3)cnc12. The lowest BCUT2D eigenvalue weighted by Gasteiger charge is -2.36. The molecular formula is C24H29N5O2. The molecule has 0 spiro atoms. The lowest BCUT2D eigenvalue weighted by atomic mass is 10.1. The zero-order chi connectivity index (χ0) is 21.6. The maximum atomic E-state index is 12.6. The second-order valence-corrected chi connectivity index (χ2v) is 8.02. The van der Waals surface area contributed by atoms with Crippen LogP contribution < -0.4 is 15.8 Å². The van der Waals surface area contributed by atoms with Crippen molar-refractivity contribution in [2.24, 2.45) is 0 Å². The molecule has 0 unspecified atom stereocenters. The molecule has 0 bridgehead atoms. The van der Waals surface area contributed by atoms with E-state index in [2.05, 4.69) is 44.4 Å². The molecule has 1 aliphatic heterocycles. The molecule has 162 valence electrons. The van der Waals surface area contributed by atoms with Crippen LogP contribution in [0.3, 0.4) is 0 Å². The number of nitrogens with one attached hydrogen (secondary N) is 1. The Kier molecular flexibility index (Phi) is 6.62. The Morgan fingerprint density at radius 3 is 2.58 bits per heavy atom. The van der Waals surface area contributed by atoms with Crippen molar-refractivity contribution in [3.05, 3.63) is 70.8 Å². The third-order valence-electron chi connectivity index (χ3n) is 5.84. The predicted molar refractivity (Wildman–Crippen MR) is 123 cm³/mol. The fourth-order valence-corrected chi connectivity index (χ4v) is 4.06. The van der Waals surface area contributed by atoms with Gasteiger partial charge in [-0.05, 0) is 43.7 Å². The largest absolute Gasteiger partial charge is 0.369 e. The molecule has 0 radical (unpaired) electrons. The van der Waals surface area contributed by atoms with Gasteiger partial charge in [-0.2, -0.15) is 0 Å². The predicted octanol–water partition coefficient (Wildman–Crippen LogP) is 2.03. The van der Waals surface area contributed by atoms with E-state index in [0.717, 1.165) is 44.7 Å². The Morgan fingerprint density at radius 1 is 1.03 bits per heavy atom. The zero-order valence-corrected chi connectivity index (χ0v) is 18.0. The maximum absolute atomic E-state index is 12.6. The van der Waals surface area contributed by atoms with E-state index in [1.165, 1.54) is 16.6 Å². The molecular weight excluding hydrogens is 390 g/mol. The number of amides is 1. The molecule has 1 N–H and O–H groups in total. The first-order valence-electron chi connectivity index (χ1n) is 10.9. The van der Waals surface area contributed by atoms with Crippen LogP contribution in [0.5, 0.6) is 0 Å². The molecule has 0 atom stereocenters. The van der Waals surface area contributed by atoms with Gasteiger partial charge in [-0.15, -0.1) is 0 Å². The summed E-state index contributed by atoms with van der Waals surface area (Å²) in [6.07, 6.45) is 2.35. The number of carbonyl (C=O) groups is 1. The number of para-hydroxylation sites is 2. The number of piperazine rings is 1. The molecule has 0 saturated carbocycles. The minimum absolute atomic E-state index is 0.00847. The average Bonchev–Trinajstić information content (AvgIpc) is 2.80. The summed E-state index contributed by atoms with van der Waals surface area (Å²) in [5.41, 5.74) is 2.75. The van der Waals surface area contributed by atoms with Crippen molar-refractivity contribution < 1.29 is 4.79 Å². The Labute approximate surface area is 182 Å². The Morgan fingerprint density at radius 2 is 1.81 bits per heavy atom. The van der Waals surface area contributed by atoms with Crippen LogP contribution >= 0.6 is 0 Å². The molecule has 3 aromatic rings. The van der Waals surface area contributed by atoms with Crippen LogP contribution in [0.2, 0.25) is 0 Å². The van der Waals surface area contributed by atoms with E-state index in [4.69, 9.17) is 0 Å². The number of aromatic nitrogens is 2. The van der Waals surface area contributed by atoms with Crippen LogP contribution in [0, 0.1) is 6.92 Å². The number of carbonyl (C=O) groups excluding carboxylic acids is 1. The highest BCUT2D eigenvalue weighted by Crippen LogP contribution is 2.15. The Hall–Kier alpha value is -3.19. The van der Waals surface area contributed by atoms with Gasteiger partial charge >= 0.3 is 0 Å². The van der Waals surface area contributed by atoms with Crippen LogP contribution in [0.4, 0.5) is 5.69 Å². The van der Waals surface area contributed by atoms with Crippen LogP contribution in [0.25, 0.3) is 10.9 Å². The summed E-state index contributed by atoms with van der Waals surface area (Å²) in [7, 11) is 0. The molecule has 1 fully saturated rings. The molecule has 4 rings (SSSR count). The number of rotatable bonds is 7. The monoisotopic (exact) mass is 419 g/mol. The highest BCUT2D eigenvalue weighted by Gasteiger charge is 2.16.